The summed E-state index contributed by atoms with van der Waals surface area (Å²) >= 11 is 0. The molecule has 0 bridgehead atoms. The summed E-state index contributed by atoms with van der Waals surface area (Å²) in [6.07, 6.45) is 3.83. The van der Waals surface area contributed by atoms with E-state index in [4.69, 9.17) is 5.73 Å². The van der Waals surface area contributed by atoms with Crippen LogP contribution in [0.3, 0.4) is 0 Å². The Morgan fingerprint density at radius 3 is 2.81 bits per heavy atom. The molecule has 0 aromatic heterocycles. The first-order valence-corrected chi connectivity index (χ1v) is 7.18. The summed E-state index contributed by atoms with van der Waals surface area (Å²) in [5.41, 5.74) is 5.92. The standard InChI is InChI=1S/C15H20F2N2O2/c16-15(17)21-13-8-4-3-7-12(13)14(20)19-9-5-1-2-6-11(19)10-18/h3-4,7-8,11,15H,1-2,5-6,9-10,18H2. The van der Waals surface area contributed by atoms with Crippen LogP contribution in [0.5, 0.6) is 5.75 Å². The van der Waals surface area contributed by atoms with Gasteiger partial charge in [0.1, 0.15) is 5.75 Å². The molecule has 1 aliphatic rings. The van der Waals surface area contributed by atoms with Gasteiger partial charge in [-0.05, 0) is 25.0 Å². The van der Waals surface area contributed by atoms with Crippen molar-refractivity contribution in [3.8, 4) is 5.75 Å². The first kappa shape index (κ1) is 15.7. The largest absolute Gasteiger partial charge is 0.434 e. The molecular formula is C15H20F2N2O2. The minimum absolute atomic E-state index is 0.0420. The lowest BCUT2D eigenvalue weighted by Gasteiger charge is -2.29. The molecule has 2 N–H and O–H groups in total. The van der Waals surface area contributed by atoms with Gasteiger partial charge in [-0.3, -0.25) is 4.79 Å². The van der Waals surface area contributed by atoms with Crippen LogP contribution in [0.15, 0.2) is 24.3 Å². The van der Waals surface area contributed by atoms with Crippen LogP contribution in [0.25, 0.3) is 0 Å². The van der Waals surface area contributed by atoms with Gasteiger partial charge >= 0.3 is 6.61 Å². The average Bonchev–Trinajstić information content (AvgIpc) is 2.71. The molecule has 1 fully saturated rings. The first-order valence-electron chi connectivity index (χ1n) is 7.18. The van der Waals surface area contributed by atoms with Crippen LogP contribution in [-0.4, -0.2) is 36.5 Å². The third-order valence-corrected chi connectivity index (χ3v) is 3.74. The zero-order chi connectivity index (χ0) is 15.2. The van der Waals surface area contributed by atoms with E-state index in [-0.39, 0.29) is 23.3 Å². The number of halogens is 2. The van der Waals surface area contributed by atoms with Gasteiger partial charge < -0.3 is 15.4 Å². The minimum Gasteiger partial charge on any atom is -0.434 e. The quantitative estimate of drug-likeness (QED) is 0.929. The second-order valence-electron chi connectivity index (χ2n) is 5.11. The zero-order valence-corrected chi connectivity index (χ0v) is 11.8. The van der Waals surface area contributed by atoms with Crippen molar-refractivity contribution in [3.63, 3.8) is 0 Å². The number of benzene rings is 1. The van der Waals surface area contributed by atoms with Crippen molar-refractivity contribution >= 4 is 5.91 Å². The van der Waals surface area contributed by atoms with Gasteiger partial charge in [-0.15, -0.1) is 0 Å². The molecule has 1 atom stereocenters. The molecule has 0 spiro atoms. The fourth-order valence-electron chi connectivity index (χ4n) is 2.69. The summed E-state index contributed by atoms with van der Waals surface area (Å²) in [6.45, 7) is -1.97. The van der Waals surface area contributed by atoms with Crippen LogP contribution in [0.2, 0.25) is 0 Å². The summed E-state index contributed by atoms with van der Waals surface area (Å²) in [7, 11) is 0. The predicted molar refractivity (Wildman–Crippen MR) is 75.4 cm³/mol. The number of likely N-dealkylation sites (tertiary alicyclic amines) is 1. The average molecular weight is 298 g/mol. The van der Waals surface area contributed by atoms with E-state index >= 15 is 0 Å². The number of rotatable bonds is 4. The van der Waals surface area contributed by atoms with Crippen molar-refractivity contribution < 1.29 is 18.3 Å². The lowest BCUT2D eigenvalue weighted by atomic mass is 10.1. The number of hydrogen-bond donors (Lipinski definition) is 1. The molecule has 1 aromatic carbocycles. The number of hydrogen-bond acceptors (Lipinski definition) is 3. The number of alkyl halides is 2. The Labute approximate surface area is 122 Å². The highest BCUT2D eigenvalue weighted by Gasteiger charge is 2.27. The van der Waals surface area contributed by atoms with Gasteiger partial charge in [-0.2, -0.15) is 8.78 Å². The van der Waals surface area contributed by atoms with Crippen molar-refractivity contribution in [1.82, 2.24) is 4.90 Å². The van der Waals surface area contributed by atoms with Crippen molar-refractivity contribution in [1.29, 1.82) is 0 Å². The molecule has 1 aromatic rings. The maximum absolute atomic E-state index is 12.7. The third-order valence-electron chi connectivity index (χ3n) is 3.74. The van der Waals surface area contributed by atoms with Gasteiger partial charge in [0, 0.05) is 19.1 Å². The summed E-state index contributed by atoms with van der Waals surface area (Å²) < 4.78 is 29.3. The predicted octanol–water partition coefficient (Wildman–Crippen LogP) is 2.63. The second-order valence-corrected chi connectivity index (χ2v) is 5.11. The fraction of sp³-hybridized carbons (Fsp3) is 0.533. The number of ether oxygens (including phenoxy) is 1. The van der Waals surface area contributed by atoms with Crippen LogP contribution in [0.1, 0.15) is 36.0 Å². The molecule has 21 heavy (non-hydrogen) atoms. The molecule has 0 aliphatic carbocycles. The molecule has 0 radical (unpaired) electrons. The van der Waals surface area contributed by atoms with Crippen molar-refractivity contribution in [2.24, 2.45) is 5.73 Å². The summed E-state index contributed by atoms with van der Waals surface area (Å²) in [4.78, 5) is 14.4. The van der Waals surface area contributed by atoms with E-state index in [1.807, 2.05) is 0 Å². The van der Waals surface area contributed by atoms with E-state index in [1.165, 1.54) is 12.1 Å². The van der Waals surface area contributed by atoms with E-state index in [0.717, 1.165) is 25.7 Å². The van der Waals surface area contributed by atoms with Crippen LogP contribution in [0.4, 0.5) is 8.78 Å². The van der Waals surface area contributed by atoms with Gasteiger partial charge in [0.15, 0.2) is 0 Å². The zero-order valence-electron chi connectivity index (χ0n) is 11.8. The molecule has 116 valence electrons. The molecule has 4 nitrogen and oxygen atoms in total. The third kappa shape index (κ3) is 3.91. The van der Waals surface area contributed by atoms with Gasteiger partial charge in [0.05, 0.1) is 5.56 Å². The Morgan fingerprint density at radius 1 is 1.33 bits per heavy atom. The summed E-state index contributed by atoms with van der Waals surface area (Å²) in [6, 6.07) is 6.06. The van der Waals surface area contributed by atoms with Crippen LogP contribution in [0, 0.1) is 0 Å². The monoisotopic (exact) mass is 298 g/mol. The van der Waals surface area contributed by atoms with Crippen molar-refractivity contribution in [2.45, 2.75) is 38.3 Å². The first-order chi connectivity index (χ1) is 10.1. The fourth-order valence-corrected chi connectivity index (χ4v) is 2.69. The lowest BCUT2D eigenvalue weighted by molar-refractivity contribution is -0.0503. The molecule has 1 aliphatic heterocycles. The smallest absolute Gasteiger partial charge is 0.387 e. The molecule has 1 saturated heterocycles. The minimum atomic E-state index is -2.95. The van der Waals surface area contributed by atoms with Gasteiger partial charge in [-0.1, -0.05) is 25.0 Å². The van der Waals surface area contributed by atoms with Crippen LogP contribution < -0.4 is 10.5 Å². The van der Waals surface area contributed by atoms with E-state index in [1.54, 1.807) is 17.0 Å². The Bertz CT molecular complexity index is 482. The maximum atomic E-state index is 12.7. The highest BCUT2D eigenvalue weighted by molar-refractivity contribution is 5.97. The molecular weight excluding hydrogens is 278 g/mol. The number of nitrogens with zero attached hydrogens (tertiary/aromatic N) is 1. The highest BCUT2D eigenvalue weighted by atomic mass is 19.3. The van der Waals surface area contributed by atoms with Crippen molar-refractivity contribution in [3.05, 3.63) is 29.8 Å². The Morgan fingerprint density at radius 2 is 2.10 bits per heavy atom. The topological polar surface area (TPSA) is 55.6 Å². The van der Waals surface area contributed by atoms with E-state index in [0.29, 0.717) is 13.1 Å². The van der Waals surface area contributed by atoms with E-state index in [2.05, 4.69) is 4.74 Å². The Hall–Kier alpha value is -1.69. The number of para-hydroxylation sites is 1. The lowest BCUT2D eigenvalue weighted by Crippen LogP contribution is -2.44. The summed E-state index contributed by atoms with van der Waals surface area (Å²) in [5.74, 6) is -0.374. The highest BCUT2D eigenvalue weighted by Crippen LogP contribution is 2.25. The Kier molecular flexibility index (Phi) is 5.50. The SMILES string of the molecule is NCC1CCCCCN1C(=O)c1ccccc1OC(F)F. The number of carbonyl (C=O) groups excluding carboxylic acids is 1. The van der Waals surface area contributed by atoms with Crippen molar-refractivity contribution in [2.75, 3.05) is 13.1 Å². The molecule has 0 saturated carbocycles. The van der Waals surface area contributed by atoms with Crippen LogP contribution in [-0.2, 0) is 0 Å². The Balaban J connectivity index is 2.25. The van der Waals surface area contributed by atoms with Gasteiger partial charge in [0.25, 0.3) is 5.91 Å². The molecule has 6 heteroatoms. The maximum Gasteiger partial charge on any atom is 0.387 e. The number of amides is 1. The molecule has 2 rings (SSSR count). The van der Waals surface area contributed by atoms with Gasteiger partial charge in [-0.25, -0.2) is 0 Å². The van der Waals surface area contributed by atoms with Gasteiger partial charge in [0.2, 0.25) is 0 Å². The van der Waals surface area contributed by atoms with E-state index < -0.39 is 6.61 Å². The molecule has 1 amide bonds. The normalized spacial score (nSPS) is 19.4. The molecule has 1 unspecified atom stereocenters. The second kappa shape index (κ2) is 7.36. The number of carbonyl (C=O) groups is 1. The summed E-state index contributed by atoms with van der Waals surface area (Å²) in [5, 5.41) is 0. The van der Waals surface area contributed by atoms with E-state index in [9.17, 15) is 13.6 Å². The van der Waals surface area contributed by atoms with Crippen LogP contribution >= 0.6 is 0 Å². The molecule has 1 heterocycles. The number of nitrogens with two attached hydrogens (primary N) is 1.